The molecule has 0 bridgehead atoms. The van der Waals surface area contributed by atoms with Gasteiger partial charge in [-0.15, -0.1) is 0 Å². The lowest BCUT2D eigenvalue weighted by Crippen LogP contribution is -2.05. The van der Waals surface area contributed by atoms with E-state index in [1.165, 1.54) is 22.3 Å². The molecule has 0 saturated heterocycles. The van der Waals surface area contributed by atoms with Gasteiger partial charge in [0, 0.05) is 5.56 Å². The van der Waals surface area contributed by atoms with Crippen LogP contribution in [-0.4, -0.2) is 6.21 Å². The highest BCUT2D eigenvalue weighted by Crippen LogP contribution is 2.36. The molecular formula is C23H26N2. The molecule has 2 aromatic rings. The maximum Gasteiger partial charge on any atom is 0.0590 e. The van der Waals surface area contributed by atoms with E-state index in [-0.39, 0.29) is 5.41 Å². The van der Waals surface area contributed by atoms with Crippen molar-refractivity contribution < 1.29 is 0 Å². The van der Waals surface area contributed by atoms with Crippen molar-refractivity contribution in [3.63, 3.8) is 0 Å². The maximum absolute atomic E-state index is 4.45. The van der Waals surface area contributed by atoms with Crippen LogP contribution in [0.1, 0.15) is 43.9 Å². The fraction of sp³-hybridized carbons (Fsp3) is 0.261. The number of nitrogens with one attached hydrogen (secondary N) is 1. The summed E-state index contributed by atoms with van der Waals surface area (Å²) in [6.45, 7) is 8.86. The molecule has 0 amide bonds. The van der Waals surface area contributed by atoms with E-state index in [2.05, 4.69) is 80.7 Å². The molecule has 1 aliphatic carbocycles. The lowest BCUT2D eigenvalue weighted by Gasteiger charge is -2.18. The molecule has 2 nitrogen and oxygen atoms in total. The quantitative estimate of drug-likeness (QED) is 0.524. The minimum Gasteiger partial charge on any atom is -0.278 e. The van der Waals surface area contributed by atoms with Gasteiger partial charge in [-0.25, -0.2) is 0 Å². The molecule has 0 saturated carbocycles. The second-order valence-corrected chi connectivity index (χ2v) is 7.56. The molecule has 0 spiro atoms. The summed E-state index contributed by atoms with van der Waals surface area (Å²) in [6, 6.07) is 16.6. The Balaban J connectivity index is 1.81. The molecule has 0 fully saturated rings. The Labute approximate surface area is 151 Å². The van der Waals surface area contributed by atoms with Crippen molar-refractivity contribution in [2.45, 2.75) is 34.1 Å². The molecule has 3 rings (SSSR count). The summed E-state index contributed by atoms with van der Waals surface area (Å²) >= 11 is 0. The first-order valence-corrected chi connectivity index (χ1v) is 8.80. The van der Waals surface area contributed by atoms with Gasteiger partial charge in [0.25, 0.3) is 0 Å². The average Bonchev–Trinajstić information content (AvgIpc) is 3.07. The number of anilines is 1. The SMILES string of the molecule is Cc1ccccc1NN=Cc1ccccc1C1=CC(C(C)(C)C)=CC1. The van der Waals surface area contributed by atoms with Gasteiger partial charge in [0.2, 0.25) is 0 Å². The summed E-state index contributed by atoms with van der Waals surface area (Å²) in [5, 5.41) is 4.45. The van der Waals surface area contributed by atoms with Gasteiger partial charge in [0.1, 0.15) is 0 Å². The standard InChI is InChI=1S/C23H26N2/c1-17-9-5-8-12-22(17)25-24-16-19-10-6-7-11-21(19)18-13-14-20(15-18)23(2,3)4/h5-12,14-16,25H,13H2,1-4H3. The van der Waals surface area contributed by atoms with Crippen LogP contribution in [-0.2, 0) is 0 Å². The van der Waals surface area contributed by atoms with Crippen molar-refractivity contribution >= 4 is 17.5 Å². The molecule has 0 unspecified atom stereocenters. The van der Waals surface area contributed by atoms with E-state index in [0.29, 0.717) is 0 Å². The van der Waals surface area contributed by atoms with Gasteiger partial charge in [0.15, 0.2) is 0 Å². The van der Waals surface area contributed by atoms with E-state index in [0.717, 1.165) is 17.7 Å². The summed E-state index contributed by atoms with van der Waals surface area (Å²) < 4.78 is 0. The normalized spacial score (nSPS) is 14.6. The zero-order valence-corrected chi connectivity index (χ0v) is 15.5. The summed E-state index contributed by atoms with van der Waals surface area (Å²) in [5.74, 6) is 0. The molecule has 25 heavy (non-hydrogen) atoms. The predicted octanol–water partition coefficient (Wildman–Crippen LogP) is 6.20. The van der Waals surface area contributed by atoms with Gasteiger partial charge in [0.05, 0.1) is 11.9 Å². The molecule has 2 aromatic carbocycles. The largest absolute Gasteiger partial charge is 0.278 e. The van der Waals surface area contributed by atoms with Crippen LogP contribution >= 0.6 is 0 Å². The first kappa shape index (κ1) is 17.2. The number of hydrazone groups is 1. The summed E-state index contributed by atoms with van der Waals surface area (Å²) in [4.78, 5) is 0. The maximum atomic E-state index is 4.45. The number of allylic oxidation sites excluding steroid dienone is 4. The Morgan fingerprint density at radius 3 is 2.44 bits per heavy atom. The average molecular weight is 330 g/mol. The molecular weight excluding hydrogens is 304 g/mol. The van der Waals surface area contributed by atoms with E-state index in [9.17, 15) is 0 Å². The molecule has 2 heteroatoms. The minimum atomic E-state index is 0.192. The van der Waals surface area contributed by atoms with Crippen molar-refractivity contribution in [2.75, 3.05) is 5.43 Å². The van der Waals surface area contributed by atoms with Crippen LogP contribution in [0.25, 0.3) is 5.57 Å². The number of aryl methyl sites for hydroxylation is 1. The molecule has 128 valence electrons. The molecule has 0 radical (unpaired) electrons. The number of nitrogens with zero attached hydrogens (tertiary/aromatic N) is 1. The van der Waals surface area contributed by atoms with Gasteiger partial charge in [-0.05, 0) is 47.1 Å². The highest BCUT2D eigenvalue weighted by molar-refractivity contribution is 5.90. The Kier molecular flexibility index (Phi) is 4.89. The van der Waals surface area contributed by atoms with Crippen molar-refractivity contribution in [2.24, 2.45) is 10.5 Å². The first-order chi connectivity index (χ1) is 11.9. The van der Waals surface area contributed by atoms with E-state index < -0.39 is 0 Å². The van der Waals surface area contributed by atoms with Crippen LogP contribution in [0.3, 0.4) is 0 Å². The van der Waals surface area contributed by atoms with Crippen molar-refractivity contribution in [3.8, 4) is 0 Å². The Morgan fingerprint density at radius 1 is 1.00 bits per heavy atom. The van der Waals surface area contributed by atoms with E-state index in [1.807, 2.05) is 24.4 Å². The molecule has 0 aromatic heterocycles. The van der Waals surface area contributed by atoms with Crippen molar-refractivity contribution in [1.82, 2.24) is 0 Å². The lowest BCUT2D eigenvalue weighted by molar-refractivity contribution is 0.518. The monoisotopic (exact) mass is 330 g/mol. The third-order valence-corrected chi connectivity index (χ3v) is 4.58. The smallest absolute Gasteiger partial charge is 0.0590 e. The summed E-state index contributed by atoms with van der Waals surface area (Å²) in [6.07, 6.45) is 7.58. The van der Waals surface area contributed by atoms with Gasteiger partial charge < -0.3 is 0 Å². The van der Waals surface area contributed by atoms with E-state index >= 15 is 0 Å². The van der Waals surface area contributed by atoms with E-state index in [4.69, 9.17) is 0 Å². The Morgan fingerprint density at radius 2 is 1.72 bits per heavy atom. The van der Waals surface area contributed by atoms with Crippen LogP contribution in [0.4, 0.5) is 5.69 Å². The van der Waals surface area contributed by atoms with Crippen molar-refractivity contribution in [1.29, 1.82) is 0 Å². The topological polar surface area (TPSA) is 24.4 Å². The number of para-hydroxylation sites is 1. The highest BCUT2D eigenvalue weighted by atomic mass is 15.3. The number of rotatable bonds is 4. The zero-order chi connectivity index (χ0) is 17.9. The molecule has 0 aliphatic heterocycles. The number of hydrogen-bond acceptors (Lipinski definition) is 2. The van der Waals surface area contributed by atoms with Gasteiger partial charge in [-0.2, -0.15) is 5.10 Å². The third kappa shape index (κ3) is 4.08. The fourth-order valence-corrected chi connectivity index (χ4v) is 3.01. The van der Waals surface area contributed by atoms with Crippen LogP contribution in [0, 0.1) is 12.3 Å². The molecule has 0 atom stereocenters. The summed E-state index contributed by atoms with van der Waals surface area (Å²) in [5.41, 5.74) is 10.7. The third-order valence-electron chi connectivity index (χ3n) is 4.58. The van der Waals surface area contributed by atoms with Crippen LogP contribution < -0.4 is 5.43 Å². The first-order valence-electron chi connectivity index (χ1n) is 8.80. The Bertz CT molecular complexity index is 848. The number of benzene rings is 2. The van der Waals surface area contributed by atoms with Crippen LogP contribution in [0.2, 0.25) is 0 Å². The number of hydrogen-bond donors (Lipinski definition) is 1. The van der Waals surface area contributed by atoms with Gasteiger partial charge >= 0.3 is 0 Å². The van der Waals surface area contributed by atoms with Gasteiger partial charge in [-0.3, -0.25) is 5.43 Å². The Hall–Kier alpha value is -2.61. The second-order valence-electron chi connectivity index (χ2n) is 7.56. The summed E-state index contributed by atoms with van der Waals surface area (Å²) in [7, 11) is 0. The lowest BCUT2D eigenvalue weighted by atomic mass is 9.87. The van der Waals surface area contributed by atoms with Crippen LogP contribution in [0.15, 0.2) is 71.4 Å². The predicted molar refractivity (Wildman–Crippen MR) is 109 cm³/mol. The minimum absolute atomic E-state index is 0.192. The second kappa shape index (κ2) is 7.10. The molecule has 1 N–H and O–H groups in total. The van der Waals surface area contributed by atoms with Gasteiger partial charge in [-0.1, -0.05) is 75.4 Å². The highest BCUT2D eigenvalue weighted by Gasteiger charge is 2.20. The van der Waals surface area contributed by atoms with Crippen LogP contribution in [0.5, 0.6) is 0 Å². The fourth-order valence-electron chi connectivity index (χ4n) is 3.01. The molecule has 0 heterocycles. The molecule has 1 aliphatic rings. The zero-order valence-electron chi connectivity index (χ0n) is 15.5. The van der Waals surface area contributed by atoms with E-state index in [1.54, 1.807) is 0 Å². The van der Waals surface area contributed by atoms with Crippen molar-refractivity contribution in [3.05, 3.63) is 82.9 Å².